The van der Waals surface area contributed by atoms with Crippen molar-refractivity contribution in [2.24, 2.45) is 0 Å². The molecule has 0 radical (unpaired) electrons. The van der Waals surface area contributed by atoms with Gasteiger partial charge in [0.15, 0.2) is 0 Å². The van der Waals surface area contributed by atoms with Crippen LogP contribution in [0.4, 0.5) is 0 Å². The Kier molecular flexibility index (Phi) is 3.56. The lowest BCUT2D eigenvalue weighted by Crippen LogP contribution is -2.65. The molecule has 3 rings (SSSR count). The van der Waals surface area contributed by atoms with E-state index in [4.69, 9.17) is 0 Å². The maximum atomic E-state index is 12.4. The second-order valence-corrected chi connectivity index (χ2v) is 5.82. The van der Waals surface area contributed by atoms with E-state index >= 15 is 0 Å². The predicted octanol–water partition coefficient (Wildman–Crippen LogP) is 1.97. The Balaban J connectivity index is 1.73. The molecule has 1 saturated heterocycles. The van der Waals surface area contributed by atoms with Gasteiger partial charge in [0.2, 0.25) is 5.91 Å². The van der Waals surface area contributed by atoms with Crippen molar-refractivity contribution in [1.29, 1.82) is 0 Å². The molecule has 3 heteroatoms. The zero-order valence-corrected chi connectivity index (χ0v) is 11.5. The van der Waals surface area contributed by atoms with Gasteiger partial charge in [0, 0.05) is 19.1 Å². The Morgan fingerprint density at radius 2 is 1.95 bits per heavy atom. The van der Waals surface area contributed by atoms with Crippen LogP contribution in [-0.4, -0.2) is 36.0 Å². The summed E-state index contributed by atoms with van der Waals surface area (Å²) in [5.41, 5.74) is 1.23. The fourth-order valence-electron chi connectivity index (χ4n) is 3.50. The summed E-state index contributed by atoms with van der Waals surface area (Å²) in [6.45, 7) is 0. The van der Waals surface area contributed by atoms with Crippen molar-refractivity contribution in [3.63, 3.8) is 0 Å². The van der Waals surface area contributed by atoms with Gasteiger partial charge in [0.25, 0.3) is 0 Å². The van der Waals surface area contributed by atoms with E-state index in [1.807, 2.05) is 30.1 Å². The molecule has 1 saturated carbocycles. The Morgan fingerprint density at radius 3 is 2.74 bits per heavy atom. The smallest absolute Gasteiger partial charge is 0.240 e. The number of amides is 1. The molecule has 0 spiro atoms. The Hall–Kier alpha value is -1.35. The van der Waals surface area contributed by atoms with E-state index in [-0.39, 0.29) is 11.9 Å². The molecular weight excluding hydrogens is 236 g/mol. The van der Waals surface area contributed by atoms with Crippen LogP contribution in [0, 0.1) is 0 Å². The van der Waals surface area contributed by atoms with Crippen LogP contribution in [-0.2, 0) is 11.2 Å². The molecule has 2 fully saturated rings. The Morgan fingerprint density at radius 1 is 1.21 bits per heavy atom. The van der Waals surface area contributed by atoms with Gasteiger partial charge in [0.1, 0.15) is 0 Å². The van der Waals surface area contributed by atoms with Crippen molar-refractivity contribution in [2.45, 2.75) is 50.2 Å². The van der Waals surface area contributed by atoms with Crippen molar-refractivity contribution in [2.75, 3.05) is 7.05 Å². The van der Waals surface area contributed by atoms with E-state index in [0.717, 1.165) is 12.8 Å². The molecule has 1 aromatic rings. The first-order valence-corrected chi connectivity index (χ1v) is 7.32. The molecule has 2 aliphatic rings. The molecule has 102 valence electrons. The lowest BCUT2D eigenvalue weighted by Gasteiger charge is -2.46. The number of rotatable bonds is 2. The monoisotopic (exact) mass is 258 g/mol. The molecule has 0 bridgehead atoms. The second-order valence-electron chi connectivity index (χ2n) is 5.82. The van der Waals surface area contributed by atoms with E-state index < -0.39 is 0 Å². The molecular formula is C16H22N2O. The zero-order chi connectivity index (χ0) is 13.2. The number of hydrogen-bond acceptors (Lipinski definition) is 2. The molecule has 3 nitrogen and oxygen atoms in total. The van der Waals surface area contributed by atoms with Crippen LogP contribution in [0.2, 0.25) is 0 Å². The van der Waals surface area contributed by atoms with Crippen LogP contribution >= 0.6 is 0 Å². The van der Waals surface area contributed by atoms with E-state index in [9.17, 15) is 4.79 Å². The van der Waals surface area contributed by atoms with Gasteiger partial charge in [0.05, 0.1) is 6.04 Å². The molecule has 1 heterocycles. The summed E-state index contributed by atoms with van der Waals surface area (Å²) < 4.78 is 0. The van der Waals surface area contributed by atoms with Gasteiger partial charge in [-0.25, -0.2) is 0 Å². The first kappa shape index (κ1) is 12.7. The summed E-state index contributed by atoms with van der Waals surface area (Å²) in [5, 5.41) is 3.59. The number of nitrogens with zero attached hydrogens (tertiary/aromatic N) is 1. The minimum Gasteiger partial charge on any atom is -0.340 e. The molecule has 1 aliphatic heterocycles. The van der Waals surface area contributed by atoms with Gasteiger partial charge in [-0.3, -0.25) is 4.79 Å². The number of likely N-dealkylation sites (N-methyl/N-ethyl adjacent to an activating group) is 1. The van der Waals surface area contributed by atoms with E-state index in [1.54, 1.807) is 0 Å². The molecule has 1 aromatic carbocycles. The summed E-state index contributed by atoms with van der Waals surface area (Å²) >= 11 is 0. The maximum Gasteiger partial charge on any atom is 0.240 e. The fraction of sp³-hybridized carbons (Fsp3) is 0.562. The van der Waals surface area contributed by atoms with Crippen LogP contribution < -0.4 is 5.32 Å². The van der Waals surface area contributed by atoms with Gasteiger partial charge >= 0.3 is 0 Å². The highest BCUT2D eigenvalue weighted by molar-refractivity contribution is 5.83. The molecule has 19 heavy (non-hydrogen) atoms. The van der Waals surface area contributed by atoms with Gasteiger partial charge in [-0.05, 0) is 24.8 Å². The SMILES string of the molecule is CN1C(=O)[C@H](Cc2ccccc2)N[C@@H]2CCCC[C@H]21. The molecule has 1 aliphatic carbocycles. The predicted molar refractivity (Wildman–Crippen MR) is 75.9 cm³/mol. The average molecular weight is 258 g/mol. The van der Waals surface area contributed by atoms with Gasteiger partial charge in [-0.2, -0.15) is 0 Å². The maximum absolute atomic E-state index is 12.4. The van der Waals surface area contributed by atoms with Crippen molar-refractivity contribution in [1.82, 2.24) is 10.2 Å². The van der Waals surface area contributed by atoms with Crippen LogP contribution in [0.1, 0.15) is 31.2 Å². The zero-order valence-electron chi connectivity index (χ0n) is 11.5. The van der Waals surface area contributed by atoms with Crippen molar-refractivity contribution >= 4 is 5.91 Å². The summed E-state index contributed by atoms with van der Waals surface area (Å²) in [6, 6.07) is 11.1. The topological polar surface area (TPSA) is 32.3 Å². The average Bonchev–Trinajstić information content (AvgIpc) is 2.46. The summed E-state index contributed by atoms with van der Waals surface area (Å²) in [4.78, 5) is 14.4. The molecule has 1 amide bonds. The number of carbonyl (C=O) groups excluding carboxylic acids is 1. The standard InChI is InChI=1S/C16H22N2O/c1-18-15-10-6-5-9-13(15)17-14(16(18)19)11-12-7-3-2-4-8-12/h2-4,7-8,13-15,17H,5-6,9-11H2,1H3/t13-,14+,15-/m1/s1. The first-order chi connectivity index (χ1) is 9.25. The van der Waals surface area contributed by atoms with Crippen LogP contribution in [0.25, 0.3) is 0 Å². The van der Waals surface area contributed by atoms with Crippen LogP contribution in [0.3, 0.4) is 0 Å². The third-order valence-corrected chi connectivity index (χ3v) is 4.57. The minimum atomic E-state index is -0.0493. The van der Waals surface area contributed by atoms with Crippen molar-refractivity contribution in [3.8, 4) is 0 Å². The highest BCUT2D eigenvalue weighted by Crippen LogP contribution is 2.27. The lowest BCUT2D eigenvalue weighted by atomic mass is 9.85. The number of piperazine rings is 1. The van der Waals surface area contributed by atoms with E-state index in [1.165, 1.54) is 24.8 Å². The summed E-state index contributed by atoms with van der Waals surface area (Å²) in [7, 11) is 1.98. The molecule has 0 aromatic heterocycles. The number of fused-ring (bicyclic) bond motifs is 1. The van der Waals surface area contributed by atoms with Gasteiger partial charge in [-0.1, -0.05) is 43.2 Å². The Bertz CT molecular complexity index is 445. The van der Waals surface area contributed by atoms with Crippen molar-refractivity contribution in [3.05, 3.63) is 35.9 Å². The number of benzene rings is 1. The summed E-state index contributed by atoms with van der Waals surface area (Å²) in [5.74, 6) is 0.256. The molecule has 3 atom stereocenters. The quantitative estimate of drug-likeness (QED) is 0.879. The highest BCUT2D eigenvalue weighted by Gasteiger charge is 2.39. The Labute approximate surface area is 115 Å². The second kappa shape index (κ2) is 5.33. The largest absolute Gasteiger partial charge is 0.340 e. The number of carbonyl (C=O) groups is 1. The molecule has 0 unspecified atom stereocenters. The minimum absolute atomic E-state index is 0.0493. The normalized spacial score (nSPS) is 31.1. The first-order valence-electron chi connectivity index (χ1n) is 7.32. The number of hydrogen-bond donors (Lipinski definition) is 1. The highest BCUT2D eigenvalue weighted by atomic mass is 16.2. The third-order valence-electron chi connectivity index (χ3n) is 4.57. The molecule has 1 N–H and O–H groups in total. The van der Waals surface area contributed by atoms with E-state index in [2.05, 4.69) is 17.4 Å². The number of nitrogens with one attached hydrogen (secondary N) is 1. The lowest BCUT2D eigenvalue weighted by molar-refractivity contribution is -0.139. The fourth-order valence-corrected chi connectivity index (χ4v) is 3.50. The van der Waals surface area contributed by atoms with E-state index in [0.29, 0.717) is 12.1 Å². The van der Waals surface area contributed by atoms with Crippen LogP contribution in [0.5, 0.6) is 0 Å². The van der Waals surface area contributed by atoms with Crippen molar-refractivity contribution < 1.29 is 4.79 Å². The van der Waals surface area contributed by atoms with Gasteiger partial charge < -0.3 is 10.2 Å². The van der Waals surface area contributed by atoms with Gasteiger partial charge in [-0.15, -0.1) is 0 Å². The third kappa shape index (κ3) is 2.52. The van der Waals surface area contributed by atoms with Crippen LogP contribution in [0.15, 0.2) is 30.3 Å². The summed E-state index contributed by atoms with van der Waals surface area (Å²) in [6.07, 6.45) is 5.69.